The molecule has 0 radical (unpaired) electrons. The second-order valence-electron chi connectivity index (χ2n) is 4.38. The van der Waals surface area contributed by atoms with Gasteiger partial charge in [-0.2, -0.15) is 4.57 Å². The molecule has 0 atom stereocenters. The van der Waals surface area contributed by atoms with Crippen molar-refractivity contribution in [3.63, 3.8) is 0 Å². The van der Waals surface area contributed by atoms with E-state index in [9.17, 15) is 0 Å². The van der Waals surface area contributed by atoms with Gasteiger partial charge < -0.3 is 0 Å². The van der Waals surface area contributed by atoms with Crippen LogP contribution in [0, 0.1) is 20.8 Å². The lowest BCUT2D eigenvalue weighted by Crippen LogP contribution is -2.34. The number of H-pyrrole nitrogens is 1. The number of hydrogen-bond acceptors (Lipinski definition) is 0. The summed E-state index contributed by atoms with van der Waals surface area (Å²) >= 11 is 0. The third kappa shape index (κ3) is 1.75. The zero-order valence-corrected chi connectivity index (χ0v) is 10.5. The molecule has 1 aromatic carbocycles. The van der Waals surface area contributed by atoms with E-state index in [1.807, 2.05) is 6.20 Å². The van der Waals surface area contributed by atoms with Crippen LogP contribution in [-0.2, 0) is 6.42 Å². The Balaban J connectivity index is 2.64. The standard InChI is InChI=1S/C14H18N2/c1-5-13-15-6-7-16(13)14-11(3)8-10(2)9-12(14)4/h6-9H,5H2,1-4H3/p+1. The molecule has 2 rings (SSSR count). The summed E-state index contributed by atoms with van der Waals surface area (Å²) in [5, 5.41) is 0. The van der Waals surface area contributed by atoms with Gasteiger partial charge in [-0.05, 0) is 31.9 Å². The van der Waals surface area contributed by atoms with Crippen molar-refractivity contribution in [3.8, 4) is 5.69 Å². The summed E-state index contributed by atoms with van der Waals surface area (Å²) in [5.74, 6) is 1.25. The van der Waals surface area contributed by atoms with Gasteiger partial charge in [-0.1, -0.05) is 24.6 Å². The SMILES string of the molecule is CCc1[nH]cc[n+]1-c1c(C)cc(C)cc1C. The predicted octanol–water partition coefficient (Wildman–Crippen LogP) is 2.78. The highest BCUT2D eigenvalue weighted by molar-refractivity contribution is 5.43. The van der Waals surface area contributed by atoms with E-state index in [4.69, 9.17) is 0 Å². The van der Waals surface area contributed by atoms with Crippen molar-refractivity contribution in [2.75, 3.05) is 0 Å². The molecule has 0 aliphatic heterocycles. The molecule has 2 nitrogen and oxygen atoms in total. The Hall–Kier alpha value is -1.57. The quantitative estimate of drug-likeness (QED) is 0.743. The molecule has 0 fully saturated rings. The van der Waals surface area contributed by atoms with Crippen LogP contribution in [0.15, 0.2) is 24.5 Å². The van der Waals surface area contributed by atoms with Crippen LogP contribution >= 0.6 is 0 Å². The van der Waals surface area contributed by atoms with Gasteiger partial charge in [0.25, 0.3) is 5.82 Å². The van der Waals surface area contributed by atoms with Crippen LogP contribution in [0.25, 0.3) is 5.69 Å². The van der Waals surface area contributed by atoms with Crippen LogP contribution in [0.4, 0.5) is 0 Å². The predicted molar refractivity (Wildman–Crippen MR) is 65.9 cm³/mol. The molecule has 0 bridgehead atoms. The molecular weight excluding hydrogens is 196 g/mol. The van der Waals surface area contributed by atoms with Crippen molar-refractivity contribution in [2.45, 2.75) is 34.1 Å². The van der Waals surface area contributed by atoms with E-state index in [0.717, 1.165) is 6.42 Å². The molecule has 0 spiro atoms. The minimum absolute atomic E-state index is 1.01. The van der Waals surface area contributed by atoms with Crippen LogP contribution in [0.3, 0.4) is 0 Å². The highest BCUT2D eigenvalue weighted by atomic mass is 15.1. The van der Waals surface area contributed by atoms with Crippen LogP contribution in [0.5, 0.6) is 0 Å². The molecule has 1 heterocycles. The number of aryl methyl sites for hydroxylation is 4. The Morgan fingerprint density at radius 2 is 1.75 bits per heavy atom. The van der Waals surface area contributed by atoms with Gasteiger partial charge in [-0.3, -0.25) is 0 Å². The largest absolute Gasteiger partial charge is 0.259 e. The van der Waals surface area contributed by atoms with Gasteiger partial charge in [-0.25, -0.2) is 4.98 Å². The maximum atomic E-state index is 3.29. The number of aromatic nitrogens is 2. The molecule has 84 valence electrons. The fourth-order valence-corrected chi connectivity index (χ4v) is 2.40. The average Bonchev–Trinajstić information content (AvgIpc) is 2.64. The number of nitrogens with zero attached hydrogens (tertiary/aromatic N) is 1. The number of benzene rings is 1. The Morgan fingerprint density at radius 1 is 1.12 bits per heavy atom. The highest BCUT2D eigenvalue weighted by Gasteiger charge is 2.15. The van der Waals surface area contributed by atoms with Gasteiger partial charge >= 0.3 is 0 Å². The Labute approximate surface area is 97.0 Å². The maximum Gasteiger partial charge on any atom is 0.259 e. The van der Waals surface area contributed by atoms with E-state index in [1.165, 1.54) is 28.2 Å². The average molecular weight is 215 g/mol. The summed E-state index contributed by atoms with van der Waals surface area (Å²) < 4.78 is 2.25. The van der Waals surface area contributed by atoms with E-state index in [0.29, 0.717) is 0 Å². The summed E-state index contributed by atoms with van der Waals surface area (Å²) in [7, 11) is 0. The lowest BCUT2D eigenvalue weighted by molar-refractivity contribution is -0.603. The third-order valence-corrected chi connectivity index (χ3v) is 2.98. The molecule has 0 amide bonds. The van der Waals surface area contributed by atoms with Crippen LogP contribution in [0.1, 0.15) is 29.4 Å². The van der Waals surface area contributed by atoms with E-state index in [-0.39, 0.29) is 0 Å². The molecular formula is C14H19N2+. The highest BCUT2D eigenvalue weighted by Crippen LogP contribution is 2.16. The summed E-state index contributed by atoms with van der Waals surface area (Å²) in [5.41, 5.74) is 5.30. The Morgan fingerprint density at radius 3 is 2.31 bits per heavy atom. The molecule has 1 aromatic heterocycles. The van der Waals surface area contributed by atoms with E-state index in [2.05, 4.69) is 55.6 Å². The Kier molecular flexibility index (Phi) is 2.82. The topological polar surface area (TPSA) is 19.7 Å². The van der Waals surface area contributed by atoms with Crippen LogP contribution in [-0.4, -0.2) is 4.98 Å². The first kappa shape index (κ1) is 10.9. The number of nitrogens with one attached hydrogen (secondary N) is 1. The van der Waals surface area contributed by atoms with E-state index < -0.39 is 0 Å². The Bertz CT molecular complexity index is 486. The van der Waals surface area contributed by atoms with Crippen molar-refractivity contribution >= 4 is 0 Å². The van der Waals surface area contributed by atoms with Crippen molar-refractivity contribution in [1.29, 1.82) is 0 Å². The van der Waals surface area contributed by atoms with Crippen molar-refractivity contribution in [2.24, 2.45) is 0 Å². The van der Waals surface area contributed by atoms with E-state index in [1.54, 1.807) is 0 Å². The van der Waals surface area contributed by atoms with Gasteiger partial charge in [0.1, 0.15) is 18.1 Å². The smallest absolute Gasteiger partial charge is 0.247 e. The van der Waals surface area contributed by atoms with Gasteiger partial charge in [0, 0.05) is 6.42 Å². The molecule has 16 heavy (non-hydrogen) atoms. The molecule has 2 heteroatoms. The zero-order chi connectivity index (χ0) is 11.7. The summed E-state index contributed by atoms with van der Waals surface area (Å²) in [6, 6.07) is 4.48. The first-order valence-electron chi connectivity index (χ1n) is 5.79. The first-order valence-corrected chi connectivity index (χ1v) is 5.79. The summed E-state index contributed by atoms with van der Waals surface area (Å²) in [6.45, 7) is 8.66. The van der Waals surface area contributed by atoms with Crippen molar-refractivity contribution in [3.05, 3.63) is 47.0 Å². The van der Waals surface area contributed by atoms with Gasteiger partial charge in [0.05, 0.1) is 0 Å². The lowest BCUT2D eigenvalue weighted by Gasteiger charge is -2.08. The molecule has 0 saturated heterocycles. The molecule has 0 unspecified atom stereocenters. The third-order valence-electron chi connectivity index (χ3n) is 2.98. The molecule has 0 aliphatic rings. The second-order valence-corrected chi connectivity index (χ2v) is 4.38. The fourth-order valence-electron chi connectivity index (χ4n) is 2.40. The van der Waals surface area contributed by atoms with Crippen LogP contribution in [0.2, 0.25) is 0 Å². The fraction of sp³-hybridized carbons (Fsp3) is 0.357. The number of hydrogen-bond donors (Lipinski definition) is 1. The maximum absolute atomic E-state index is 3.29. The normalized spacial score (nSPS) is 10.8. The summed E-state index contributed by atoms with van der Waals surface area (Å²) in [4.78, 5) is 3.29. The molecule has 1 N–H and O–H groups in total. The monoisotopic (exact) mass is 215 g/mol. The minimum atomic E-state index is 1.01. The van der Waals surface area contributed by atoms with Gasteiger partial charge in [-0.15, -0.1) is 0 Å². The molecule has 2 aromatic rings. The minimum Gasteiger partial charge on any atom is -0.247 e. The van der Waals surface area contributed by atoms with Gasteiger partial charge in [0.15, 0.2) is 0 Å². The van der Waals surface area contributed by atoms with Gasteiger partial charge in [0.2, 0.25) is 0 Å². The lowest BCUT2D eigenvalue weighted by atomic mass is 10.0. The van der Waals surface area contributed by atoms with Crippen LogP contribution < -0.4 is 4.57 Å². The number of aromatic amines is 1. The number of rotatable bonds is 2. The molecule has 0 saturated carbocycles. The van der Waals surface area contributed by atoms with Crippen molar-refractivity contribution in [1.82, 2.24) is 4.98 Å². The summed E-state index contributed by atoms with van der Waals surface area (Å²) in [6.07, 6.45) is 5.11. The molecule has 0 aliphatic carbocycles. The first-order chi connectivity index (χ1) is 7.63. The number of imidazole rings is 1. The van der Waals surface area contributed by atoms with E-state index >= 15 is 0 Å². The second kappa shape index (κ2) is 4.12. The zero-order valence-electron chi connectivity index (χ0n) is 10.5. The van der Waals surface area contributed by atoms with Crippen molar-refractivity contribution < 1.29 is 4.57 Å².